The number of imidazole rings is 1. The average molecular weight is 599 g/mol. The van der Waals surface area contributed by atoms with Gasteiger partial charge in [0.25, 0.3) is 0 Å². The van der Waals surface area contributed by atoms with Crippen LogP contribution in [0.25, 0.3) is 22.3 Å². The highest BCUT2D eigenvalue weighted by atomic mass is 35.5. The summed E-state index contributed by atoms with van der Waals surface area (Å²) < 4.78 is 62.0. The first kappa shape index (κ1) is 28.2. The summed E-state index contributed by atoms with van der Waals surface area (Å²) in [6.07, 6.45) is -3.76. The van der Waals surface area contributed by atoms with Gasteiger partial charge >= 0.3 is 12.1 Å². The normalized spacial score (nSPS) is 14.4. The standard InChI is InChI=1S/C26H24Cl2F4N6O2/c1-14(2)38-19(5-6-34-38)21-22-20(12-17(28)23(21)40-24(39)26(30,31)32)37(13-15-3-4-18(29)16(27)11-15)25(35-22)36-9-7-33-8-10-36/h3-6,11-12,14,33H,7-10,13H2,1-2H3. The fourth-order valence-corrected chi connectivity index (χ4v) is 5.13. The molecule has 1 aliphatic heterocycles. The van der Waals surface area contributed by atoms with Gasteiger partial charge in [-0.05, 0) is 43.7 Å². The molecule has 0 bridgehead atoms. The number of alkyl halides is 3. The second-order valence-electron chi connectivity index (χ2n) is 9.56. The van der Waals surface area contributed by atoms with E-state index in [1.165, 1.54) is 24.4 Å². The van der Waals surface area contributed by atoms with Crippen LogP contribution in [0.5, 0.6) is 5.75 Å². The topological polar surface area (TPSA) is 77.2 Å². The van der Waals surface area contributed by atoms with Crippen LogP contribution in [0.4, 0.5) is 23.5 Å². The van der Waals surface area contributed by atoms with Gasteiger partial charge in [-0.2, -0.15) is 18.3 Å². The van der Waals surface area contributed by atoms with Gasteiger partial charge in [0.15, 0.2) is 5.75 Å². The van der Waals surface area contributed by atoms with Crippen LogP contribution in [0.2, 0.25) is 10.0 Å². The van der Waals surface area contributed by atoms with Crippen LogP contribution in [0.1, 0.15) is 25.5 Å². The molecule has 3 heterocycles. The molecular weight excluding hydrogens is 575 g/mol. The number of fused-ring (bicyclic) bond motifs is 1. The monoisotopic (exact) mass is 598 g/mol. The lowest BCUT2D eigenvalue weighted by atomic mass is 10.1. The van der Waals surface area contributed by atoms with E-state index in [2.05, 4.69) is 10.4 Å². The van der Waals surface area contributed by atoms with E-state index in [0.29, 0.717) is 48.9 Å². The van der Waals surface area contributed by atoms with Crippen LogP contribution < -0.4 is 15.0 Å². The molecule has 0 radical (unpaired) electrons. The van der Waals surface area contributed by atoms with Crippen molar-refractivity contribution in [1.29, 1.82) is 0 Å². The van der Waals surface area contributed by atoms with Gasteiger partial charge in [0, 0.05) is 38.4 Å². The van der Waals surface area contributed by atoms with E-state index in [0.717, 1.165) is 0 Å². The molecule has 1 N–H and O–H groups in total. The summed E-state index contributed by atoms with van der Waals surface area (Å²) in [6.45, 7) is 6.50. The summed E-state index contributed by atoms with van der Waals surface area (Å²) in [5, 5.41) is 7.31. The zero-order chi connectivity index (χ0) is 28.8. The number of hydrogen-bond donors (Lipinski definition) is 1. The Hall–Kier alpha value is -3.35. The molecule has 2 aromatic carbocycles. The summed E-state index contributed by atoms with van der Waals surface area (Å²) in [6, 6.07) is 7.17. The molecule has 0 aliphatic carbocycles. The number of piperazine rings is 1. The Balaban J connectivity index is 1.79. The van der Waals surface area contributed by atoms with E-state index >= 15 is 0 Å². The maximum absolute atomic E-state index is 13.9. The van der Waals surface area contributed by atoms with Crippen LogP contribution in [0.15, 0.2) is 36.5 Å². The van der Waals surface area contributed by atoms with E-state index in [-0.39, 0.29) is 33.7 Å². The molecule has 0 saturated carbocycles. The lowest BCUT2D eigenvalue weighted by Gasteiger charge is -2.29. The first-order valence-electron chi connectivity index (χ1n) is 12.4. The molecule has 8 nitrogen and oxygen atoms in total. The summed E-state index contributed by atoms with van der Waals surface area (Å²) in [4.78, 5) is 18.9. The average Bonchev–Trinajstić information content (AvgIpc) is 3.52. The van der Waals surface area contributed by atoms with Gasteiger partial charge in [-0.3, -0.25) is 4.68 Å². The Kier molecular flexibility index (Phi) is 7.68. The second-order valence-corrected chi connectivity index (χ2v) is 10.4. The Morgan fingerprint density at radius 3 is 2.50 bits per heavy atom. The number of ether oxygens (including phenoxy) is 1. The first-order valence-corrected chi connectivity index (χ1v) is 13.2. The van der Waals surface area contributed by atoms with Crippen LogP contribution in [0, 0.1) is 5.82 Å². The van der Waals surface area contributed by atoms with Crippen molar-refractivity contribution in [3.8, 4) is 17.0 Å². The summed E-state index contributed by atoms with van der Waals surface area (Å²) in [7, 11) is 0. The fourth-order valence-electron chi connectivity index (χ4n) is 4.69. The molecule has 1 fully saturated rings. The van der Waals surface area contributed by atoms with Gasteiger partial charge in [-0.25, -0.2) is 14.2 Å². The Labute approximate surface area is 236 Å². The number of benzene rings is 2. The largest absolute Gasteiger partial charge is 0.491 e. The molecule has 0 unspecified atom stereocenters. The molecule has 0 spiro atoms. The Bertz CT molecular complexity index is 1580. The molecule has 4 aromatic rings. The van der Waals surface area contributed by atoms with Gasteiger partial charge in [-0.1, -0.05) is 29.3 Å². The Morgan fingerprint density at radius 1 is 1.12 bits per heavy atom. The molecule has 40 heavy (non-hydrogen) atoms. The smallest absolute Gasteiger partial charge is 0.417 e. The van der Waals surface area contributed by atoms with Crippen molar-refractivity contribution >= 4 is 46.2 Å². The van der Waals surface area contributed by atoms with Crippen molar-refractivity contribution in [2.24, 2.45) is 0 Å². The van der Waals surface area contributed by atoms with Crippen molar-refractivity contribution in [1.82, 2.24) is 24.6 Å². The summed E-state index contributed by atoms with van der Waals surface area (Å²) in [5.74, 6) is -2.93. The molecule has 1 saturated heterocycles. The minimum atomic E-state index is -5.25. The number of esters is 1. The molecule has 0 amide bonds. The van der Waals surface area contributed by atoms with Crippen LogP contribution in [-0.4, -0.2) is 57.7 Å². The minimum absolute atomic E-state index is 0.0495. The molecule has 5 rings (SSSR count). The zero-order valence-corrected chi connectivity index (χ0v) is 22.9. The highest BCUT2D eigenvalue weighted by molar-refractivity contribution is 6.34. The SMILES string of the molecule is CC(C)n1nccc1-c1c(OC(=O)C(F)(F)F)c(Cl)cc2c1nc(N1CCNCC1)n2Cc1ccc(F)c(Cl)c1. The minimum Gasteiger partial charge on any atom is -0.417 e. The molecule has 0 atom stereocenters. The highest BCUT2D eigenvalue weighted by Gasteiger charge is 2.42. The van der Waals surface area contributed by atoms with Gasteiger partial charge in [-0.15, -0.1) is 0 Å². The third kappa shape index (κ3) is 5.35. The van der Waals surface area contributed by atoms with Crippen molar-refractivity contribution in [2.75, 3.05) is 31.1 Å². The first-order chi connectivity index (χ1) is 19.0. The number of hydrogen-bond acceptors (Lipinski definition) is 6. The van der Waals surface area contributed by atoms with Gasteiger partial charge < -0.3 is 19.5 Å². The van der Waals surface area contributed by atoms with E-state index < -0.39 is 23.7 Å². The number of anilines is 1. The number of carbonyl (C=O) groups excluding carboxylic acids is 1. The third-order valence-electron chi connectivity index (χ3n) is 6.50. The van der Waals surface area contributed by atoms with Gasteiger partial charge in [0.2, 0.25) is 5.95 Å². The lowest BCUT2D eigenvalue weighted by Crippen LogP contribution is -2.44. The van der Waals surface area contributed by atoms with E-state index in [4.69, 9.17) is 32.9 Å². The maximum atomic E-state index is 13.9. The number of halogens is 6. The fraction of sp³-hybridized carbons (Fsp3) is 0.346. The number of nitrogens with zero attached hydrogens (tertiary/aromatic N) is 5. The van der Waals surface area contributed by atoms with Crippen molar-refractivity contribution < 1.29 is 27.1 Å². The molecule has 2 aromatic heterocycles. The van der Waals surface area contributed by atoms with Crippen molar-refractivity contribution in [2.45, 2.75) is 32.6 Å². The number of aromatic nitrogens is 4. The van der Waals surface area contributed by atoms with Crippen LogP contribution >= 0.6 is 23.2 Å². The molecule has 14 heteroatoms. The molecule has 212 valence electrons. The van der Waals surface area contributed by atoms with E-state index in [1.54, 1.807) is 16.8 Å². The summed E-state index contributed by atoms with van der Waals surface area (Å²) >= 11 is 12.6. The van der Waals surface area contributed by atoms with E-state index in [9.17, 15) is 22.4 Å². The predicted molar refractivity (Wildman–Crippen MR) is 144 cm³/mol. The van der Waals surface area contributed by atoms with Crippen LogP contribution in [0.3, 0.4) is 0 Å². The Morgan fingerprint density at radius 2 is 1.85 bits per heavy atom. The zero-order valence-electron chi connectivity index (χ0n) is 21.4. The van der Waals surface area contributed by atoms with E-state index in [1.807, 2.05) is 23.3 Å². The van der Waals surface area contributed by atoms with Crippen molar-refractivity contribution in [3.05, 3.63) is 58.0 Å². The molecule has 1 aliphatic rings. The lowest BCUT2D eigenvalue weighted by molar-refractivity contribution is -0.189. The number of rotatable bonds is 6. The summed E-state index contributed by atoms with van der Waals surface area (Å²) in [5.41, 5.74) is 1.86. The number of nitrogens with one attached hydrogen (secondary N) is 1. The number of carbonyl (C=O) groups is 1. The van der Waals surface area contributed by atoms with Crippen molar-refractivity contribution in [3.63, 3.8) is 0 Å². The third-order valence-corrected chi connectivity index (χ3v) is 7.07. The maximum Gasteiger partial charge on any atom is 0.491 e. The second kappa shape index (κ2) is 10.9. The van der Waals surface area contributed by atoms with Gasteiger partial charge in [0.1, 0.15) is 11.3 Å². The highest BCUT2D eigenvalue weighted by Crippen LogP contribution is 2.45. The molecular formula is C26H24Cl2F4N6O2. The quantitative estimate of drug-likeness (QED) is 0.170. The van der Waals surface area contributed by atoms with Gasteiger partial charge in [0.05, 0.1) is 33.4 Å². The predicted octanol–water partition coefficient (Wildman–Crippen LogP) is 5.85. The van der Waals surface area contributed by atoms with Crippen LogP contribution in [-0.2, 0) is 11.3 Å².